The SMILES string of the molecule is COc1cccc(F)c1CNC(=O)C1(C)COc2c(oc3ccc(Cl)cc23)C(=O)N1CC(=O)N(C)C. The molecule has 36 heavy (non-hydrogen) atoms. The van der Waals surface area contributed by atoms with Gasteiger partial charge in [0, 0.05) is 31.2 Å². The number of likely N-dealkylation sites (N-methyl/N-ethyl adjacent to an activating group) is 1. The van der Waals surface area contributed by atoms with Crippen molar-refractivity contribution >= 4 is 40.3 Å². The van der Waals surface area contributed by atoms with Gasteiger partial charge in [-0.2, -0.15) is 0 Å². The maximum atomic E-state index is 14.4. The first-order valence-corrected chi connectivity index (χ1v) is 11.4. The number of furan rings is 1. The third-order valence-electron chi connectivity index (χ3n) is 6.14. The summed E-state index contributed by atoms with van der Waals surface area (Å²) in [4.78, 5) is 42.3. The van der Waals surface area contributed by atoms with E-state index in [9.17, 15) is 18.8 Å². The number of carbonyl (C=O) groups excluding carboxylic acids is 3. The molecule has 0 radical (unpaired) electrons. The standard InChI is InChI=1S/C25H25ClFN3O6/c1-25(24(33)28-11-16-17(27)6-5-7-18(16)34-4)13-35-21-15-10-14(26)8-9-19(15)36-22(21)23(32)30(25)12-20(31)29(2)3/h5-10H,11-13H2,1-4H3,(H,28,33). The first kappa shape index (κ1) is 25.3. The van der Waals surface area contributed by atoms with Gasteiger partial charge in [0.2, 0.25) is 17.6 Å². The van der Waals surface area contributed by atoms with E-state index in [1.165, 1.54) is 45.2 Å². The van der Waals surface area contributed by atoms with Crippen molar-refractivity contribution in [2.24, 2.45) is 0 Å². The highest BCUT2D eigenvalue weighted by molar-refractivity contribution is 6.31. The molecular formula is C25H25ClFN3O6. The van der Waals surface area contributed by atoms with Crippen molar-refractivity contribution in [2.75, 3.05) is 34.4 Å². The monoisotopic (exact) mass is 517 g/mol. The van der Waals surface area contributed by atoms with E-state index < -0.39 is 35.6 Å². The number of nitrogens with one attached hydrogen (secondary N) is 1. The summed E-state index contributed by atoms with van der Waals surface area (Å²) in [6, 6.07) is 9.12. The summed E-state index contributed by atoms with van der Waals surface area (Å²) in [5.74, 6) is -2.09. The molecule has 190 valence electrons. The van der Waals surface area contributed by atoms with Crippen LogP contribution in [0.2, 0.25) is 5.02 Å². The number of hydrogen-bond donors (Lipinski definition) is 1. The maximum Gasteiger partial charge on any atom is 0.295 e. The third-order valence-corrected chi connectivity index (χ3v) is 6.38. The number of carbonyl (C=O) groups is 3. The number of nitrogens with zero attached hydrogens (tertiary/aromatic N) is 2. The van der Waals surface area contributed by atoms with Gasteiger partial charge in [0.15, 0.2) is 11.3 Å². The van der Waals surface area contributed by atoms with E-state index in [0.717, 1.165) is 4.90 Å². The number of ether oxygens (including phenoxy) is 2. The average molecular weight is 518 g/mol. The zero-order valence-electron chi connectivity index (χ0n) is 20.2. The van der Waals surface area contributed by atoms with Crippen LogP contribution in [-0.4, -0.2) is 67.4 Å². The highest BCUT2D eigenvalue weighted by atomic mass is 35.5. The van der Waals surface area contributed by atoms with Crippen molar-refractivity contribution in [3.05, 3.63) is 58.6 Å². The summed E-state index contributed by atoms with van der Waals surface area (Å²) in [6.45, 7) is 0.548. The van der Waals surface area contributed by atoms with Crippen LogP contribution in [0.15, 0.2) is 40.8 Å². The Morgan fingerprint density at radius 2 is 2.03 bits per heavy atom. The number of rotatable bonds is 6. The van der Waals surface area contributed by atoms with Gasteiger partial charge in [0.05, 0.1) is 12.5 Å². The van der Waals surface area contributed by atoms with E-state index in [4.69, 9.17) is 25.5 Å². The Balaban J connectivity index is 1.71. The number of fused-ring (bicyclic) bond motifs is 3. The molecule has 0 fully saturated rings. The molecule has 2 heterocycles. The summed E-state index contributed by atoms with van der Waals surface area (Å²) in [7, 11) is 4.47. The Morgan fingerprint density at radius 3 is 2.72 bits per heavy atom. The van der Waals surface area contributed by atoms with Gasteiger partial charge >= 0.3 is 0 Å². The maximum absolute atomic E-state index is 14.4. The van der Waals surface area contributed by atoms with Gasteiger partial charge < -0.3 is 29.0 Å². The average Bonchev–Trinajstić information content (AvgIpc) is 3.16. The zero-order chi connectivity index (χ0) is 26.2. The van der Waals surface area contributed by atoms with Crippen LogP contribution in [0.1, 0.15) is 23.0 Å². The number of benzene rings is 2. The van der Waals surface area contributed by atoms with Crippen LogP contribution < -0.4 is 14.8 Å². The fourth-order valence-electron chi connectivity index (χ4n) is 3.94. The van der Waals surface area contributed by atoms with Crippen LogP contribution in [0.4, 0.5) is 4.39 Å². The molecule has 1 aromatic heterocycles. The molecule has 1 N–H and O–H groups in total. The molecular weight excluding hydrogens is 493 g/mol. The molecule has 11 heteroatoms. The predicted molar refractivity (Wildman–Crippen MR) is 130 cm³/mol. The van der Waals surface area contributed by atoms with Gasteiger partial charge in [-0.1, -0.05) is 17.7 Å². The molecule has 0 saturated carbocycles. The van der Waals surface area contributed by atoms with Crippen LogP contribution in [0, 0.1) is 5.82 Å². The summed E-state index contributed by atoms with van der Waals surface area (Å²) in [5, 5.41) is 3.53. The molecule has 4 rings (SSSR count). The molecule has 0 saturated heterocycles. The predicted octanol–water partition coefficient (Wildman–Crippen LogP) is 3.23. The van der Waals surface area contributed by atoms with Gasteiger partial charge in [-0.05, 0) is 37.3 Å². The van der Waals surface area contributed by atoms with Gasteiger partial charge in [-0.15, -0.1) is 0 Å². The van der Waals surface area contributed by atoms with E-state index in [1.54, 1.807) is 24.3 Å². The molecule has 0 spiro atoms. The minimum absolute atomic E-state index is 0.132. The summed E-state index contributed by atoms with van der Waals surface area (Å²) < 4.78 is 31.3. The molecule has 3 amide bonds. The Labute approximate surface area is 211 Å². The van der Waals surface area contributed by atoms with Crippen molar-refractivity contribution in [1.29, 1.82) is 0 Å². The third kappa shape index (κ3) is 4.44. The van der Waals surface area contributed by atoms with Crippen LogP contribution >= 0.6 is 11.6 Å². The van der Waals surface area contributed by atoms with Crippen molar-refractivity contribution in [3.63, 3.8) is 0 Å². The van der Waals surface area contributed by atoms with Crippen molar-refractivity contribution in [2.45, 2.75) is 19.0 Å². The lowest BCUT2D eigenvalue weighted by atomic mass is 9.98. The molecule has 0 aliphatic carbocycles. The first-order chi connectivity index (χ1) is 17.1. The van der Waals surface area contributed by atoms with Crippen LogP contribution in [-0.2, 0) is 16.1 Å². The highest BCUT2D eigenvalue weighted by Gasteiger charge is 2.48. The number of halogens is 2. The zero-order valence-corrected chi connectivity index (χ0v) is 20.9. The van der Waals surface area contributed by atoms with Gasteiger partial charge in [0.25, 0.3) is 5.91 Å². The molecule has 1 aliphatic heterocycles. The van der Waals surface area contributed by atoms with Crippen LogP contribution in [0.5, 0.6) is 11.5 Å². The largest absolute Gasteiger partial charge is 0.496 e. The normalized spacial score (nSPS) is 17.3. The Hall–Kier alpha value is -3.79. The van der Waals surface area contributed by atoms with E-state index in [-0.39, 0.29) is 36.0 Å². The van der Waals surface area contributed by atoms with Crippen LogP contribution in [0.3, 0.4) is 0 Å². The molecule has 0 bridgehead atoms. The molecule has 1 unspecified atom stereocenters. The van der Waals surface area contributed by atoms with Gasteiger partial charge in [0.1, 0.15) is 30.3 Å². The van der Waals surface area contributed by atoms with Gasteiger partial charge in [-0.3, -0.25) is 14.4 Å². The van der Waals surface area contributed by atoms with Crippen molar-refractivity contribution in [3.8, 4) is 11.5 Å². The first-order valence-electron chi connectivity index (χ1n) is 11.0. The summed E-state index contributed by atoms with van der Waals surface area (Å²) in [5.41, 5.74) is -1.13. The Bertz CT molecular complexity index is 1360. The lowest BCUT2D eigenvalue weighted by Crippen LogP contribution is -2.62. The minimum atomic E-state index is -1.65. The summed E-state index contributed by atoms with van der Waals surface area (Å²) >= 11 is 6.12. The van der Waals surface area contributed by atoms with Gasteiger partial charge in [-0.25, -0.2) is 4.39 Å². The lowest BCUT2D eigenvalue weighted by Gasteiger charge is -2.37. The van der Waals surface area contributed by atoms with E-state index >= 15 is 0 Å². The molecule has 3 aromatic rings. The second-order valence-electron chi connectivity index (χ2n) is 8.75. The smallest absolute Gasteiger partial charge is 0.295 e. The van der Waals surface area contributed by atoms with E-state index in [2.05, 4.69) is 5.32 Å². The quantitative estimate of drug-likeness (QED) is 0.539. The van der Waals surface area contributed by atoms with Crippen LogP contribution in [0.25, 0.3) is 11.0 Å². The summed E-state index contributed by atoms with van der Waals surface area (Å²) in [6.07, 6.45) is 0. The van der Waals surface area contributed by atoms with Crippen molar-refractivity contribution < 1.29 is 32.7 Å². The number of amides is 3. The topological polar surface area (TPSA) is 101 Å². The Morgan fingerprint density at radius 1 is 1.28 bits per heavy atom. The molecule has 9 nitrogen and oxygen atoms in total. The fraction of sp³-hybridized carbons (Fsp3) is 0.320. The van der Waals surface area contributed by atoms with Crippen molar-refractivity contribution in [1.82, 2.24) is 15.1 Å². The lowest BCUT2D eigenvalue weighted by molar-refractivity contribution is -0.137. The minimum Gasteiger partial charge on any atom is -0.496 e. The molecule has 2 aromatic carbocycles. The Kier molecular flexibility index (Phi) is 6.81. The van der Waals surface area contributed by atoms with E-state index in [1.807, 2.05) is 0 Å². The molecule has 1 aliphatic rings. The second-order valence-corrected chi connectivity index (χ2v) is 9.18. The highest BCUT2D eigenvalue weighted by Crippen LogP contribution is 2.39. The second kappa shape index (κ2) is 9.69. The number of methoxy groups -OCH3 is 1. The fourth-order valence-corrected chi connectivity index (χ4v) is 4.11. The van der Waals surface area contributed by atoms with E-state index in [0.29, 0.717) is 16.0 Å². The molecule has 1 atom stereocenters. The number of hydrogen-bond acceptors (Lipinski definition) is 6.